The quantitative estimate of drug-likeness (QED) is 0.938. The molecule has 4 nitrogen and oxygen atoms in total. The van der Waals surface area contributed by atoms with Gasteiger partial charge in [0.05, 0.1) is 11.5 Å². The number of rotatable bonds is 4. The zero-order valence-electron chi connectivity index (χ0n) is 12.1. The van der Waals surface area contributed by atoms with Crippen LogP contribution in [0.3, 0.4) is 0 Å². The fourth-order valence-electron chi connectivity index (χ4n) is 2.64. The van der Waals surface area contributed by atoms with Crippen LogP contribution in [0, 0.1) is 0 Å². The van der Waals surface area contributed by atoms with Gasteiger partial charge in [-0.15, -0.1) is 11.3 Å². The minimum absolute atomic E-state index is 0.288. The SMILES string of the molecule is CCc1cc2c(NC)nc(CC3CCCCO3)nc2s1. The highest BCUT2D eigenvalue weighted by Gasteiger charge is 2.18. The lowest BCUT2D eigenvalue weighted by atomic mass is 10.1. The lowest BCUT2D eigenvalue weighted by Crippen LogP contribution is -2.22. The Morgan fingerprint density at radius 3 is 3.00 bits per heavy atom. The third kappa shape index (κ3) is 2.79. The molecule has 1 atom stereocenters. The van der Waals surface area contributed by atoms with E-state index in [2.05, 4.69) is 23.3 Å². The summed E-state index contributed by atoms with van der Waals surface area (Å²) >= 11 is 1.77. The van der Waals surface area contributed by atoms with E-state index in [9.17, 15) is 0 Å². The number of hydrogen-bond donors (Lipinski definition) is 1. The molecule has 5 heteroatoms. The van der Waals surface area contributed by atoms with Gasteiger partial charge in [-0.05, 0) is 31.7 Å². The molecule has 0 bridgehead atoms. The minimum Gasteiger partial charge on any atom is -0.378 e. The molecule has 0 saturated carbocycles. The highest BCUT2D eigenvalue weighted by atomic mass is 32.1. The van der Waals surface area contributed by atoms with E-state index in [1.807, 2.05) is 7.05 Å². The first-order valence-electron chi connectivity index (χ1n) is 7.39. The number of aromatic nitrogens is 2. The van der Waals surface area contributed by atoms with Crippen LogP contribution in [0.15, 0.2) is 6.07 Å². The Balaban J connectivity index is 1.90. The lowest BCUT2D eigenvalue weighted by molar-refractivity contribution is 0.0157. The number of thiophene rings is 1. The van der Waals surface area contributed by atoms with Gasteiger partial charge in [0, 0.05) is 25.0 Å². The zero-order valence-corrected chi connectivity index (χ0v) is 12.9. The highest BCUT2D eigenvalue weighted by Crippen LogP contribution is 2.29. The Morgan fingerprint density at radius 1 is 1.40 bits per heavy atom. The summed E-state index contributed by atoms with van der Waals surface area (Å²) in [7, 11) is 1.92. The predicted molar refractivity (Wildman–Crippen MR) is 83.6 cm³/mol. The van der Waals surface area contributed by atoms with Crippen LogP contribution in [0.25, 0.3) is 10.2 Å². The van der Waals surface area contributed by atoms with E-state index >= 15 is 0 Å². The molecule has 3 heterocycles. The maximum absolute atomic E-state index is 5.80. The monoisotopic (exact) mass is 291 g/mol. The number of fused-ring (bicyclic) bond motifs is 1. The molecule has 1 fully saturated rings. The normalized spacial score (nSPS) is 19.4. The van der Waals surface area contributed by atoms with Gasteiger partial charge in [-0.1, -0.05) is 6.92 Å². The van der Waals surface area contributed by atoms with E-state index in [0.717, 1.165) is 47.7 Å². The van der Waals surface area contributed by atoms with Crippen LogP contribution >= 0.6 is 11.3 Å². The van der Waals surface area contributed by atoms with E-state index in [4.69, 9.17) is 9.72 Å². The molecule has 1 N–H and O–H groups in total. The van der Waals surface area contributed by atoms with Crippen molar-refractivity contribution in [2.24, 2.45) is 0 Å². The first-order chi connectivity index (χ1) is 9.80. The summed E-state index contributed by atoms with van der Waals surface area (Å²) in [6, 6.07) is 2.20. The summed E-state index contributed by atoms with van der Waals surface area (Å²) < 4.78 is 5.80. The van der Waals surface area contributed by atoms with Gasteiger partial charge in [0.15, 0.2) is 0 Å². The molecule has 2 aromatic heterocycles. The van der Waals surface area contributed by atoms with Crippen molar-refractivity contribution < 1.29 is 4.74 Å². The van der Waals surface area contributed by atoms with E-state index in [1.54, 1.807) is 11.3 Å². The summed E-state index contributed by atoms with van der Waals surface area (Å²) in [5.41, 5.74) is 0. The van der Waals surface area contributed by atoms with Crippen molar-refractivity contribution in [2.45, 2.75) is 45.1 Å². The molecule has 1 aliphatic heterocycles. The molecule has 0 radical (unpaired) electrons. The smallest absolute Gasteiger partial charge is 0.138 e. The molecule has 3 rings (SSSR count). The third-order valence-corrected chi connectivity index (χ3v) is 4.93. The van der Waals surface area contributed by atoms with Crippen molar-refractivity contribution in [1.82, 2.24) is 9.97 Å². The predicted octanol–water partition coefficient (Wildman–Crippen LogP) is 3.41. The molecule has 0 aliphatic carbocycles. The number of nitrogens with zero attached hydrogens (tertiary/aromatic N) is 2. The highest BCUT2D eigenvalue weighted by molar-refractivity contribution is 7.18. The van der Waals surface area contributed by atoms with Crippen molar-refractivity contribution in [1.29, 1.82) is 0 Å². The second-order valence-electron chi connectivity index (χ2n) is 5.22. The van der Waals surface area contributed by atoms with Crippen LogP contribution in [-0.2, 0) is 17.6 Å². The van der Waals surface area contributed by atoms with Crippen LogP contribution in [0.2, 0.25) is 0 Å². The number of ether oxygens (including phenoxy) is 1. The largest absolute Gasteiger partial charge is 0.378 e. The molecule has 1 aliphatic rings. The van der Waals surface area contributed by atoms with Crippen LogP contribution in [0.4, 0.5) is 5.82 Å². The number of anilines is 1. The average Bonchev–Trinajstić information content (AvgIpc) is 2.90. The molecule has 108 valence electrons. The second kappa shape index (κ2) is 6.06. The van der Waals surface area contributed by atoms with Crippen LogP contribution in [0.5, 0.6) is 0 Å². The fourth-order valence-corrected chi connectivity index (χ4v) is 3.63. The Hall–Kier alpha value is -1.20. The van der Waals surface area contributed by atoms with E-state index in [0.29, 0.717) is 0 Å². The van der Waals surface area contributed by atoms with Gasteiger partial charge in [-0.25, -0.2) is 9.97 Å². The molecular formula is C15H21N3OS. The number of hydrogen-bond acceptors (Lipinski definition) is 5. The minimum atomic E-state index is 0.288. The standard InChI is InChI=1S/C15H21N3OS/c1-3-11-9-12-14(16-2)17-13(18-15(12)20-11)8-10-6-4-5-7-19-10/h9-10H,3-8H2,1-2H3,(H,16,17,18). The van der Waals surface area contributed by atoms with Gasteiger partial charge in [0.1, 0.15) is 16.5 Å². The fraction of sp³-hybridized carbons (Fsp3) is 0.600. The van der Waals surface area contributed by atoms with Crippen LogP contribution in [-0.4, -0.2) is 29.7 Å². The molecule has 0 spiro atoms. The van der Waals surface area contributed by atoms with Gasteiger partial charge < -0.3 is 10.1 Å². The molecule has 0 aromatic carbocycles. The maximum atomic E-state index is 5.80. The number of nitrogens with one attached hydrogen (secondary N) is 1. The van der Waals surface area contributed by atoms with Gasteiger partial charge >= 0.3 is 0 Å². The van der Waals surface area contributed by atoms with E-state index in [1.165, 1.54) is 17.7 Å². The van der Waals surface area contributed by atoms with E-state index in [-0.39, 0.29) is 6.10 Å². The van der Waals surface area contributed by atoms with Crippen molar-refractivity contribution in [3.63, 3.8) is 0 Å². The number of aryl methyl sites for hydroxylation is 1. The summed E-state index contributed by atoms with van der Waals surface area (Å²) in [5, 5.41) is 4.34. The Kier molecular flexibility index (Phi) is 4.17. The molecule has 1 saturated heterocycles. The van der Waals surface area contributed by atoms with E-state index < -0.39 is 0 Å². The average molecular weight is 291 g/mol. The van der Waals surface area contributed by atoms with Gasteiger partial charge in [-0.3, -0.25) is 0 Å². The maximum Gasteiger partial charge on any atom is 0.138 e. The molecular weight excluding hydrogens is 270 g/mol. The summed E-state index contributed by atoms with van der Waals surface area (Å²) in [6.07, 6.45) is 5.72. The van der Waals surface area contributed by atoms with Crippen molar-refractivity contribution >= 4 is 27.4 Å². The Labute approximate surface area is 123 Å². The topological polar surface area (TPSA) is 47.0 Å². The first-order valence-corrected chi connectivity index (χ1v) is 8.20. The summed E-state index contributed by atoms with van der Waals surface area (Å²) in [4.78, 5) is 11.8. The van der Waals surface area contributed by atoms with Gasteiger partial charge in [-0.2, -0.15) is 0 Å². The van der Waals surface area contributed by atoms with Crippen molar-refractivity contribution in [3.8, 4) is 0 Å². The molecule has 20 heavy (non-hydrogen) atoms. The summed E-state index contributed by atoms with van der Waals surface area (Å²) in [5.74, 6) is 1.84. The van der Waals surface area contributed by atoms with Crippen LogP contribution < -0.4 is 5.32 Å². The van der Waals surface area contributed by atoms with Gasteiger partial charge in [0.2, 0.25) is 0 Å². The lowest BCUT2D eigenvalue weighted by Gasteiger charge is -2.21. The third-order valence-electron chi connectivity index (χ3n) is 3.76. The molecule has 1 unspecified atom stereocenters. The van der Waals surface area contributed by atoms with Gasteiger partial charge in [0.25, 0.3) is 0 Å². The molecule has 0 amide bonds. The zero-order chi connectivity index (χ0) is 13.9. The Bertz CT molecular complexity index is 590. The Morgan fingerprint density at radius 2 is 2.30 bits per heavy atom. The first kappa shape index (κ1) is 13.8. The second-order valence-corrected chi connectivity index (χ2v) is 6.33. The van der Waals surface area contributed by atoms with Crippen molar-refractivity contribution in [2.75, 3.05) is 19.0 Å². The van der Waals surface area contributed by atoms with Crippen LogP contribution in [0.1, 0.15) is 36.9 Å². The summed E-state index contributed by atoms with van der Waals surface area (Å²) in [6.45, 7) is 3.05. The van der Waals surface area contributed by atoms with Crippen molar-refractivity contribution in [3.05, 3.63) is 16.8 Å². The molecule has 2 aromatic rings.